The molecule has 0 aliphatic carbocycles. The standard InChI is InChI=1S/C9H14N2O10P2S/c12-5-3-8(11-2-1-7(24)10-9(11)13)20-6(5)4-19-23(17,18)21-22(14,15)16/h1-2,5-6,8,12H,3-4H2,(H,17,18)(H,10,13,24)(H2,14,15,16)/t5-,6+,8+/m0/s1. The van der Waals surface area contributed by atoms with E-state index in [4.69, 9.17) is 31.6 Å². The van der Waals surface area contributed by atoms with E-state index in [1.54, 1.807) is 0 Å². The van der Waals surface area contributed by atoms with Crippen molar-refractivity contribution in [3.63, 3.8) is 0 Å². The average molecular weight is 404 g/mol. The predicted molar refractivity (Wildman–Crippen MR) is 79.3 cm³/mol. The van der Waals surface area contributed by atoms with Crippen LogP contribution in [0, 0.1) is 4.64 Å². The first-order valence-corrected chi connectivity index (χ1v) is 9.79. The molecular weight excluding hydrogens is 390 g/mol. The topological polar surface area (TPSA) is 181 Å². The molecule has 24 heavy (non-hydrogen) atoms. The van der Waals surface area contributed by atoms with Crippen molar-refractivity contribution in [2.24, 2.45) is 0 Å². The first-order valence-electron chi connectivity index (χ1n) is 6.36. The highest BCUT2D eigenvalue weighted by molar-refractivity contribution is 7.71. The molecule has 1 aliphatic rings. The third-order valence-corrected chi connectivity index (χ3v) is 5.37. The van der Waals surface area contributed by atoms with Gasteiger partial charge in [0.25, 0.3) is 0 Å². The summed E-state index contributed by atoms with van der Waals surface area (Å²) in [6.45, 7) is -0.691. The normalized spacial score (nSPS) is 27.1. The van der Waals surface area contributed by atoms with Crippen molar-refractivity contribution in [1.29, 1.82) is 0 Å². The van der Waals surface area contributed by atoms with Crippen molar-refractivity contribution in [2.75, 3.05) is 6.61 Å². The van der Waals surface area contributed by atoms with Gasteiger partial charge in [-0.25, -0.2) is 13.9 Å². The summed E-state index contributed by atoms with van der Waals surface area (Å²) < 4.78 is 36.6. The summed E-state index contributed by atoms with van der Waals surface area (Å²) in [6.07, 6.45) is -1.82. The number of hydrogen-bond acceptors (Lipinski definition) is 8. The Balaban J connectivity index is 2.01. The first kappa shape index (κ1) is 19.6. The summed E-state index contributed by atoms with van der Waals surface area (Å²) >= 11 is 4.79. The van der Waals surface area contributed by atoms with Gasteiger partial charge in [-0.15, -0.1) is 0 Å². The summed E-state index contributed by atoms with van der Waals surface area (Å²) in [5.74, 6) is 0. The van der Waals surface area contributed by atoms with Crippen LogP contribution in [0.15, 0.2) is 17.1 Å². The number of phosphoric acid groups is 2. The van der Waals surface area contributed by atoms with Gasteiger partial charge in [0.2, 0.25) is 0 Å². The number of nitrogens with zero attached hydrogens (tertiary/aromatic N) is 1. The smallest absolute Gasteiger partial charge is 0.390 e. The van der Waals surface area contributed by atoms with E-state index in [1.165, 1.54) is 12.3 Å². The fraction of sp³-hybridized carbons (Fsp3) is 0.556. The van der Waals surface area contributed by atoms with Gasteiger partial charge in [-0.3, -0.25) is 14.1 Å². The monoisotopic (exact) mass is 404 g/mol. The number of phosphoric ester groups is 1. The Morgan fingerprint density at radius 3 is 2.67 bits per heavy atom. The van der Waals surface area contributed by atoms with Crippen LogP contribution in [0.4, 0.5) is 0 Å². The average Bonchev–Trinajstić information content (AvgIpc) is 2.75. The Bertz CT molecular complexity index is 802. The van der Waals surface area contributed by atoms with Gasteiger partial charge in [-0.1, -0.05) is 12.2 Å². The third kappa shape index (κ3) is 5.39. The Hall–Kier alpha value is -0.720. The van der Waals surface area contributed by atoms with Gasteiger partial charge >= 0.3 is 21.3 Å². The van der Waals surface area contributed by atoms with E-state index in [0.29, 0.717) is 0 Å². The van der Waals surface area contributed by atoms with Crippen LogP contribution in [0.2, 0.25) is 0 Å². The van der Waals surface area contributed by atoms with Crippen LogP contribution < -0.4 is 5.69 Å². The van der Waals surface area contributed by atoms with Gasteiger partial charge in [-0.2, -0.15) is 4.31 Å². The number of H-pyrrole nitrogens is 1. The molecule has 2 heterocycles. The second-order valence-electron chi connectivity index (χ2n) is 4.79. The molecule has 136 valence electrons. The maximum Gasteiger partial charge on any atom is 0.481 e. The number of ether oxygens (including phenoxy) is 1. The molecular formula is C9H14N2O10P2S. The molecule has 0 radical (unpaired) electrons. The molecule has 0 aromatic carbocycles. The highest BCUT2D eigenvalue weighted by Gasteiger charge is 2.39. The lowest BCUT2D eigenvalue weighted by Gasteiger charge is -2.18. The van der Waals surface area contributed by atoms with E-state index in [-0.39, 0.29) is 11.1 Å². The number of nitrogens with one attached hydrogen (secondary N) is 1. The molecule has 1 aromatic heterocycles. The summed E-state index contributed by atoms with van der Waals surface area (Å²) in [6, 6.07) is 1.44. The molecule has 1 aliphatic heterocycles. The fourth-order valence-corrected chi connectivity index (χ4v) is 3.76. The van der Waals surface area contributed by atoms with Crippen molar-refractivity contribution < 1.29 is 42.5 Å². The molecule has 0 bridgehead atoms. The Kier molecular flexibility index (Phi) is 5.93. The Morgan fingerprint density at radius 1 is 1.42 bits per heavy atom. The van der Waals surface area contributed by atoms with Crippen molar-refractivity contribution in [1.82, 2.24) is 9.55 Å². The lowest BCUT2D eigenvalue weighted by Crippen LogP contribution is -2.28. The Morgan fingerprint density at radius 2 is 2.08 bits per heavy atom. The van der Waals surface area contributed by atoms with Crippen LogP contribution in [0.1, 0.15) is 12.6 Å². The van der Waals surface area contributed by atoms with E-state index in [1.807, 2.05) is 0 Å². The molecule has 1 saturated heterocycles. The van der Waals surface area contributed by atoms with Crippen molar-refractivity contribution in [2.45, 2.75) is 24.9 Å². The number of hydrogen-bond donors (Lipinski definition) is 5. The van der Waals surface area contributed by atoms with E-state index in [9.17, 15) is 19.0 Å². The maximum atomic E-state index is 11.8. The van der Waals surface area contributed by atoms with Gasteiger partial charge in [0.05, 0.1) is 12.7 Å². The van der Waals surface area contributed by atoms with Crippen LogP contribution in [0.25, 0.3) is 0 Å². The minimum absolute atomic E-state index is 0.0202. The van der Waals surface area contributed by atoms with E-state index in [2.05, 4.69) is 13.8 Å². The second-order valence-corrected chi connectivity index (χ2v) is 8.06. The summed E-state index contributed by atoms with van der Waals surface area (Å²) in [4.78, 5) is 40.3. The van der Waals surface area contributed by atoms with Crippen LogP contribution in [-0.2, 0) is 22.7 Å². The van der Waals surface area contributed by atoms with Crippen molar-refractivity contribution in [3.05, 3.63) is 27.4 Å². The molecule has 0 amide bonds. The molecule has 2 rings (SSSR count). The van der Waals surface area contributed by atoms with Gasteiger partial charge in [0, 0.05) is 12.6 Å². The number of aromatic nitrogens is 2. The SMILES string of the molecule is O=c1[nH]c(=S)ccn1[C@H]1C[C@H](O)[C@@H](COP(=O)(O)OP(=O)(O)O)O1. The van der Waals surface area contributed by atoms with Crippen LogP contribution in [0.5, 0.6) is 0 Å². The number of aromatic amines is 1. The van der Waals surface area contributed by atoms with Crippen LogP contribution >= 0.6 is 27.9 Å². The van der Waals surface area contributed by atoms with E-state index in [0.717, 1.165) is 4.57 Å². The van der Waals surface area contributed by atoms with E-state index < -0.39 is 46.4 Å². The zero-order valence-electron chi connectivity index (χ0n) is 11.8. The molecule has 1 unspecified atom stereocenters. The molecule has 0 spiro atoms. The second kappa shape index (κ2) is 7.26. The van der Waals surface area contributed by atoms with Gasteiger partial charge < -0.3 is 24.5 Å². The Labute approximate surface area is 139 Å². The van der Waals surface area contributed by atoms with Crippen LogP contribution in [0.3, 0.4) is 0 Å². The fourth-order valence-electron chi connectivity index (χ4n) is 2.02. The van der Waals surface area contributed by atoms with Gasteiger partial charge in [0.1, 0.15) is 17.0 Å². The zero-order valence-corrected chi connectivity index (χ0v) is 14.4. The number of aliphatic hydroxyl groups excluding tert-OH is 1. The lowest BCUT2D eigenvalue weighted by atomic mass is 10.2. The molecule has 15 heteroatoms. The summed E-state index contributed by atoms with van der Waals surface area (Å²) in [5, 5.41) is 9.88. The van der Waals surface area contributed by atoms with Gasteiger partial charge in [0.15, 0.2) is 0 Å². The molecule has 12 nitrogen and oxygen atoms in total. The third-order valence-electron chi connectivity index (χ3n) is 2.98. The summed E-state index contributed by atoms with van der Waals surface area (Å²) in [5.41, 5.74) is -0.570. The molecule has 1 aromatic rings. The molecule has 4 atom stereocenters. The van der Waals surface area contributed by atoms with Crippen molar-refractivity contribution in [3.8, 4) is 0 Å². The van der Waals surface area contributed by atoms with Gasteiger partial charge in [-0.05, 0) is 6.07 Å². The maximum absolute atomic E-state index is 11.8. The van der Waals surface area contributed by atoms with Crippen LogP contribution in [-0.4, -0.2) is 48.2 Å². The lowest BCUT2D eigenvalue weighted by molar-refractivity contribution is -0.0450. The predicted octanol–water partition coefficient (Wildman–Crippen LogP) is -0.219. The van der Waals surface area contributed by atoms with E-state index >= 15 is 0 Å². The molecule has 0 saturated carbocycles. The first-order chi connectivity index (χ1) is 11.0. The largest absolute Gasteiger partial charge is 0.481 e. The van der Waals surface area contributed by atoms with Crippen molar-refractivity contribution >= 4 is 27.9 Å². The number of aliphatic hydroxyl groups is 1. The highest BCUT2D eigenvalue weighted by Crippen LogP contribution is 2.57. The summed E-state index contributed by atoms with van der Waals surface area (Å²) in [7, 11) is -10.3. The minimum Gasteiger partial charge on any atom is -0.390 e. The minimum atomic E-state index is -5.24. The molecule has 5 N–H and O–H groups in total. The number of rotatable bonds is 6. The highest BCUT2D eigenvalue weighted by atomic mass is 32.1. The zero-order chi connectivity index (χ0) is 18.1. The molecule has 1 fully saturated rings. The quantitative estimate of drug-likeness (QED) is 0.312.